The Balaban J connectivity index is 1.94. The van der Waals surface area contributed by atoms with Crippen molar-refractivity contribution in [3.63, 3.8) is 0 Å². The molecule has 0 aliphatic heterocycles. The van der Waals surface area contributed by atoms with Gasteiger partial charge in [0.2, 0.25) is 0 Å². The quantitative estimate of drug-likeness (QED) is 0.917. The maximum atomic E-state index is 12.5. The molecule has 0 saturated heterocycles. The van der Waals surface area contributed by atoms with Gasteiger partial charge in [-0.3, -0.25) is 9.59 Å². The van der Waals surface area contributed by atoms with E-state index in [1.165, 1.54) is 12.1 Å². The predicted molar refractivity (Wildman–Crippen MR) is 78.3 cm³/mol. The molecule has 6 heteroatoms. The second-order valence-electron chi connectivity index (χ2n) is 5.32. The van der Waals surface area contributed by atoms with Crippen molar-refractivity contribution in [2.75, 3.05) is 5.32 Å². The highest BCUT2D eigenvalue weighted by Crippen LogP contribution is 2.37. The van der Waals surface area contributed by atoms with Crippen LogP contribution in [0.1, 0.15) is 27.4 Å². The number of benzene rings is 2. The van der Waals surface area contributed by atoms with Crippen molar-refractivity contribution < 1.29 is 22.8 Å². The normalized spacial score (nSPS) is 17.0. The van der Waals surface area contributed by atoms with Gasteiger partial charge in [-0.1, -0.05) is 42.5 Å². The standard InChI is InChI=1S/C17H12F3NO2/c18-17(19,20)16(23)21-14-8-4-3-7-12(14)13-9-10-5-1-2-6-11(10)15(13)22/h1-8,13H,9H2,(H,21,23). The summed E-state index contributed by atoms with van der Waals surface area (Å²) in [5.41, 5.74) is 1.85. The average molecular weight is 319 g/mol. The zero-order valence-corrected chi connectivity index (χ0v) is 11.9. The summed E-state index contributed by atoms with van der Waals surface area (Å²) in [6.07, 6.45) is -4.57. The molecule has 1 atom stereocenters. The zero-order chi connectivity index (χ0) is 16.6. The smallest absolute Gasteiger partial charge is 0.318 e. The van der Waals surface area contributed by atoms with E-state index in [2.05, 4.69) is 0 Å². The SMILES string of the molecule is O=C1c2ccccc2CC1c1ccccc1NC(=O)C(F)(F)F. The molecule has 2 aromatic rings. The second-order valence-corrected chi connectivity index (χ2v) is 5.32. The van der Waals surface area contributed by atoms with Gasteiger partial charge in [0.25, 0.3) is 0 Å². The number of halogens is 3. The second kappa shape index (κ2) is 5.53. The Morgan fingerprint density at radius 1 is 1.04 bits per heavy atom. The molecule has 0 radical (unpaired) electrons. The third kappa shape index (κ3) is 2.84. The minimum absolute atomic E-state index is 0.0148. The molecular weight excluding hydrogens is 307 g/mol. The summed E-state index contributed by atoms with van der Waals surface area (Å²) in [7, 11) is 0. The fourth-order valence-corrected chi connectivity index (χ4v) is 2.80. The highest BCUT2D eigenvalue weighted by Gasteiger charge is 2.40. The third-order valence-corrected chi connectivity index (χ3v) is 3.87. The van der Waals surface area contributed by atoms with Gasteiger partial charge in [-0.05, 0) is 23.6 Å². The number of fused-ring (bicyclic) bond motifs is 1. The van der Waals surface area contributed by atoms with Crippen molar-refractivity contribution in [1.29, 1.82) is 0 Å². The number of nitrogens with one attached hydrogen (secondary N) is 1. The van der Waals surface area contributed by atoms with Gasteiger partial charge in [0, 0.05) is 11.3 Å². The van der Waals surface area contributed by atoms with E-state index < -0.39 is 18.0 Å². The molecule has 0 fully saturated rings. The lowest BCUT2D eigenvalue weighted by Crippen LogP contribution is -2.30. The molecule has 0 heterocycles. The van der Waals surface area contributed by atoms with Crippen LogP contribution in [0.3, 0.4) is 0 Å². The zero-order valence-electron chi connectivity index (χ0n) is 11.9. The molecule has 23 heavy (non-hydrogen) atoms. The molecule has 3 rings (SSSR count). The fourth-order valence-electron chi connectivity index (χ4n) is 2.80. The number of anilines is 1. The molecule has 0 bridgehead atoms. The Hall–Kier alpha value is -2.63. The van der Waals surface area contributed by atoms with Crippen molar-refractivity contribution in [2.45, 2.75) is 18.5 Å². The Morgan fingerprint density at radius 2 is 1.70 bits per heavy atom. The van der Waals surface area contributed by atoms with Crippen LogP contribution in [0.5, 0.6) is 0 Å². The lowest BCUT2D eigenvalue weighted by Gasteiger charge is -2.16. The van der Waals surface area contributed by atoms with E-state index in [4.69, 9.17) is 0 Å². The van der Waals surface area contributed by atoms with Crippen LogP contribution in [0.25, 0.3) is 0 Å². The molecular formula is C17H12F3NO2. The largest absolute Gasteiger partial charge is 0.471 e. The van der Waals surface area contributed by atoms with Crippen molar-refractivity contribution in [3.05, 3.63) is 65.2 Å². The number of hydrogen-bond donors (Lipinski definition) is 1. The van der Waals surface area contributed by atoms with Crippen LogP contribution in [0, 0.1) is 0 Å². The van der Waals surface area contributed by atoms with Gasteiger partial charge in [-0.25, -0.2) is 0 Å². The van der Waals surface area contributed by atoms with Crippen LogP contribution in [0.4, 0.5) is 18.9 Å². The Bertz CT molecular complexity index is 783. The van der Waals surface area contributed by atoms with E-state index >= 15 is 0 Å². The number of hydrogen-bond acceptors (Lipinski definition) is 2. The van der Waals surface area contributed by atoms with Gasteiger partial charge in [0.15, 0.2) is 5.78 Å². The van der Waals surface area contributed by atoms with Crippen LogP contribution in [0.2, 0.25) is 0 Å². The van der Waals surface area contributed by atoms with Gasteiger partial charge >= 0.3 is 12.1 Å². The number of para-hydroxylation sites is 1. The van der Waals surface area contributed by atoms with Crippen molar-refractivity contribution in [3.8, 4) is 0 Å². The van der Waals surface area contributed by atoms with Crippen LogP contribution >= 0.6 is 0 Å². The van der Waals surface area contributed by atoms with E-state index in [0.29, 0.717) is 17.5 Å². The number of ketones is 1. The molecule has 0 saturated carbocycles. The maximum absolute atomic E-state index is 12.5. The highest BCUT2D eigenvalue weighted by atomic mass is 19.4. The molecule has 3 nitrogen and oxygen atoms in total. The summed E-state index contributed by atoms with van der Waals surface area (Å²) in [6, 6.07) is 13.2. The average Bonchev–Trinajstić information content (AvgIpc) is 2.84. The first-order valence-electron chi connectivity index (χ1n) is 6.97. The van der Waals surface area contributed by atoms with E-state index in [1.54, 1.807) is 24.3 Å². The minimum atomic E-state index is -4.98. The number of rotatable bonds is 2. The number of Topliss-reactive ketones (excluding diaryl/α,β-unsaturated/α-hetero) is 1. The summed E-state index contributed by atoms with van der Waals surface area (Å²) < 4.78 is 37.4. The van der Waals surface area contributed by atoms with Crippen molar-refractivity contribution >= 4 is 17.4 Å². The monoisotopic (exact) mass is 319 g/mol. The topological polar surface area (TPSA) is 46.2 Å². The lowest BCUT2D eigenvalue weighted by molar-refractivity contribution is -0.167. The van der Waals surface area contributed by atoms with Crippen LogP contribution in [0.15, 0.2) is 48.5 Å². The summed E-state index contributed by atoms with van der Waals surface area (Å²) >= 11 is 0. The molecule has 118 valence electrons. The lowest BCUT2D eigenvalue weighted by atomic mass is 9.93. The molecule has 1 N–H and O–H groups in total. The summed E-state index contributed by atoms with van der Waals surface area (Å²) in [5, 5.41) is 1.86. The first kappa shape index (κ1) is 15.3. The number of amides is 1. The van der Waals surface area contributed by atoms with Crippen LogP contribution in [-0.4, -0.2) is 17.9 Å². The summed E-state index contributed by atoms with van der Waals surface area (Å²) in [6.45, 7) is 0. The first-order valence-corrected chi connectivity index (χ1v) is 6.97. The molecule has 0 spiro atoms. The van der Waals surface area contributed by atoms with Gasteiger partial charge in [0.05, 0.1) is 5.92 Å². The predicted octanol–water partition coefficient (Wildman–Crippen LogP) is 3.71. The van der Waals surface area contributed by atoms with Crippen molar-refractivity contribution in [2.24, 2.45) is 0 Å². The van der Waals surface area contributed by atoms with E-state index in [1.807, 2.05) is 17.4 Å². The number of carbonyl (C=O) groups is 2. The Morgan fingerprint density at radius 3 is 2.39 bits per heavy atom. The summed E-state index contributed by atoms with van der Waals surface area (Å²) in [4.78, 5) is 23.7. The molecule has 2 aromatic carbocycles. The summed E-state index contributed by atoms with van der Waals surface area (Å²) in [5.74, 6) is -2.78. The molecule has 1 amide bonds. The van der Waals surface area contributed by atoms with Gasteiger partial charge in [-0.15, -0.1) is 0 Å². The maximum Gasteiger partial charge on any atom is 0.471 e. The van der Waals surface area contributed by atoms with E-state index in [0.717, 1.165) is 5.56 Å². The Kier molecular flexibility index (Phi) is 3.67. The fraction of sp³-hybridized carbons (Fsp3) is 0.176. The van der Waals surface area contributed by atoms with E-state index in [-0.39, 0.29) is 11.5 Å². The molecule has 1 unspecified atom stereocenters. The third-order valence-electron chi connectivity index (χ3n) is 3.87. The molecule has 0 aromatic heterocycles. The molecule has 1 aliphatic rings. The Labute approximate surface area is 130 Å². The first-order chi connectivity index (χ1) is 10.9. The minimum Gasteiger partial charge on any atom is -0.318 e. The van der Waals surface area contributed by atoms with Crippen molar-refractivity contribution in [1.82, 2.24) is 0 Å². The van der Waals surface area contributed by atoms with Gasteiger partial charge < -0.3 is 5.32 Å². The van der Waals surface area contributed by atoms with Crippen LogP contribution < -0.4 is 5.32 Å². The van der Waals surface area contributed by atoms with Crippen LogP contribution in [-0.2, 0) is 11.2 Å². The van der Waals surface area contributed by atoms with Gasteiger partial charge in [0.1, 0.15) is 0 Å². The van der Waals surface area contributed by atoms with E-state index in [9.17, 15) is 22.8 Å². The highest BCUT2D eigenvalue weighted by molar-refractivity contribution is 6.06. The number of carbonyl (C=O) groups excluding carboxylic acids is 2. The van der Waals surface area contributed by atoms with Gasteiger partial charge in [-0.2, -0.15) is 13.2 Å². The molecule has 1 aliphatic carbocycles. The number of alkyl halides is 3.